The quantitative estimate of drug-likeness (QED) is 0.733. The van der Waals surface area contributed by atoms with E-state index in [2.05, 4.69) is 0 Å². The summed E-state index contributed by atoms with van der Waals surface area (Å²) in [5, 5.41) is 0. The van der Waals surface area contributed by atoms with E-state index in [1.54, 1.807) is 7.11 Å². The first-order chi connectivity index (χ1) is 7.81. The first-order valence-corrected chi connectivity index (χ1v) is 5.57. The number of benzene rings is 1. The van der Waals surface area contributed by atoms with Gasteiger partial charge in [0.2, 0.25) is 0 Å². The number of rotatable bonds is 3. The molecule has 0 amide bonds. The molecule has 1 unspecified atom stereocenters. The summed E-state index contributed by atoms with van der Waals surface area (Å²) in [4.78, 5) is 12.1. The van der Waals surface area contributed by atoms with Crippen molar-refractivity contribution < 1.29 is 14.3 Å². The topological polar surface area (TPSA) is 35.5 Å². The summed E-state index contributed by atoms with van der Waals surface area (Å²) in [5.41, 5.74) is 0.747. The van der Waals surface area contributed by atoms with Crippen molar-refractivity contribution in [2.45, 2.75) is 12.8 Å². The summed E-state index contributed by atoms with van der Waals surface area (Å²) in [6.45, 7) is 1.34. The van der Waals surface area contributed by atoms with Gasteiger partial charge in [-0.05, 0) is 37.1 Å². The molecule has 0 radical (unpaired) electrons. The molecule has 1 heterocycles. The van der Waals surface area contributed by atoms with Crippen molar-refractivity contribution in [2.24, 2.45) is 5.92 Å². The van der Waals surface area contributed by atoms with E-state index >= 15 is 0 Å². The minimum absolute atomic E-state index is 0.0298. The van der Waals surface area contributed by atoms with Gasteiger partial charge in [-0.3, -0.25) is 4.79 Å². The second-order valence-corrected chi connectivity index (χ2v) is 4.01. The maximum absolute atomic E-state index is 12.1. The summed E-state index contributed by atoms with van der Waals surface area (Å²) >= 11 is 0. The first-order valence-electron chi connectivity index (χ1n) is 5.57. The highest BCUT2D eigenvalue weighted by Gasteiger charge is 2.22. The van der Waals surface area contributed by atoms with Crippen LogP contribution in [0, 0.1) is 5.92 Å². The summed E-state index contributed by atoms with van der Waals surface area (Å²) in [5.74, 6) is 0.987. The van der Waals surface area contributed by atoms with Gasteiger partial charge in [0.05, 0.1) is 13.7 Å². The molecule has 0 N–H and O–H groups in total. The highest BCUT2D eigenvalue weighted by atomic mass is 16.5. The van der Waals surface area contributed by atoms with Gasteiger partial charge < -0.3 is 9.47 Å². The number of carbonyl (C=O) groups excluding carboxylic acids is 1. The van der Waals surface area contributed by atoms with Crippen LogP contribution in [0.5, 0.6) is 5.75 Å². The van der Waals surface area contributed by atoms with Crippen LogP contribution in [0.4, 0.5) is 0 Å². The van der Waals surface area contributed by atoms with Crippen molar-refractivity contribution in [2.75, 3.05) is 20.3 Å². The third kappa shape index (κ3) is 2.42. The Labute approximate surface area is 95.4 Å². The Bertz CT molecular complexity index is 350. The zero-order valence-electron chi connectivity index (χ0n) is 9.44. The molecular formula is C13H16O3. The Kier molecular flexibility index (Phi) is 3.57. The van der Waals surface area contributed by atoms with Crippen molar-refractivity contribution in [3.05, 3.63) is 29.8 Å². The number of hydrogen-bond donors (Lipinski definition) is 0. The molecule has 0 aliphatic carbocycles. The first kappa shape index (κ1) is 11.1. The molecule has 0 bridgehead atoms. The monoisotopic (exact) mass is 220 g/mol. The molecule has 2 rings (SSSR count). The standard InChI is InChI=1S/C13H16O3/c1-15-12-6-4-10(5-7-12)13(14)11-3-2-8-16-9-11/h4-7,11H,2-3,8-9H2,1H3. The van der Waals surface area contributed by atoms with Gasteiger partial charge in [-0.15, -0.1) is 0 Å². The maximum Gasteiger partial charge on any atom is 0.168 e. The number of Topliss-reactive ketones (excluding diaryl/α,β-unsaturated/α-hetero) is 1. The molecule has 1 aromatic rings. The lowest BCUT2D eigenvalue weighted by Crippen LogP contribution is -2.25. The predicted molar refractivity (Wildman–Crippen MR) is 60.9 cm³/mol. The Morgan fingerprint density at radius 1 is 1.38 bits per heavy atom. The lowest BCUT2D eigenvalue weighted by Gasteiger charge is -2.20. The normalized spacial score (nSPS) is 20.4. The third-order valence-corrected chi connectivity index (χ3v) is 2.91. The maximum atomic E-state index is 12.1. The number of methoxy groups -OCH3 is 1. The SMILES string of the molecule is COc1ccc(C(=O)C2CCCOC2)cc1. The molecule has 1 aromatic carbocycles. The molecule has 1 atom stereocenters. The van der Waals surface area contributed by atoms with Crippen molar-refractivity contribution >= 4 is 5.78 Å². The fourth-order valence-corrected chi connectivity index (χ4v) is 1.94. The smallest absolute Gasteiger partial charge is 0.168 e. The molecule has 3 heteroatoms. The van der Waals surface area contributed by atoms with E-state index in [1.165, 1.54) is 0 Å². The van der Waals surface area contributed by atoms with Gasteiger partial charge in [-0.2, -0.15) is 0 Å². The second kappa shape index (κ2) is 5.12. The molecule has 0 aromatic heterocycles. The van der Waals surface area contributed by atoms with E-state index in [-0.39, 0.29) is 11.7 Å². The lowest BCUT2D eigenvalue weighted by molar-refractivity contribution is 0.0461. The molecule has 0 spiro atoms. The molecule has 86 valence electrons. The van der Waals surface area contributed by atoms with E-state index in [0.29, 0.717) is 6.61 Å². The average Bonchev–Trinajstić information content (AvgIpc) is 2.39. The third-order valence-electron chi connectivity index (χ3n) is 2.91. The molecule has 3 nitrogen and oxygen atoms in total. The Balaban J connectivity index is 2.07. The van der Waals surface area contributed by atoms with Gasteiger partial charge in [0, 0.05) is 18.1 Å². The lowest BCUT2D eigenvalue weighted by atomic mass is 9.93. The minimum atomic E-state index is 0.0298. The van der Waals surface area contributed by atoms with Crippen LogP contribution in [0.25, 0.3) is 0 Å². The number of ether oxygens (including phenoxy) is 2. The Morgan fingerprint density at radius 3 is 2.69 bits per heavy atom. The van der Waals surface area contributed by atoms with Crippen LogP contribution in [-0.2, 0) is 4.74 Å². The van der Waals surface area contributed by atoms with Gasteiger partial charge in [-0.25, -0.2) is 0 Å². The molecule has 1 fully saturated rings. The van der Waals surface area contributed by atoms with Crippen molar-refractivity contribution in [1.29, 1.82) is 0 Å². The van der Waals surface area contributed by atoms with Crippen molar-refractivity contribution in [3.8, 4) is 5.75 Å². The molecule has 0 saturated carbocycles. The zero-order valence-corrected chi connectivity index (χ0v) is 9.44. The van der Waals surface area contributed by atoms with Gasteiger partial charge in [-0.1, -0.05) is 0 Å². The highest BCUT2D eigenvalue weighted by Crippen LogP contribution is 2.20. The van der Waals surface area contributed by atoms with Gasteiger partial charge in [0.1, 0.15) is 5.75 Å². The van der Waals surface area contributed by atoms with Crippen LogP contribution < -0.4 is 4.74 Å². The van der Waals surface area contributed by atoms with E-state index in [9.17, 15) is 4.79 Å². The summed E-state index contributed by atoms with van der Waals surface area (Å²) in [6, 6.07) is 7.26. The van der Waals surface area contributed by atoms with Crippen LogP contribution in [0.3, 0.4) is 0 Å². The van der Waals surface area contributed by atoms with Crippen LogP contribution in [0.15, 0.2) is 24.3 Å². The Hall–Kier alpha value is -1.35. The molecule has 1 saturated heterocycles. The van der Waals surface area contributed by atoms with Crippen LogP contribution in [0.1, 0.15) is 23.2 Å². The van der Waals surface area contributed by atoms with E-state index in [4.69, 9.17) is 9.47 Å². The highest BCUT2D eigenvalue weighted by molar-refractivity contribution is 5.98. The largest absolute Gasteiger partial charge is 0.497 e. The number of hydrogen-bond acceptors (Lipinski definition) is 3. The fourth-order valence-electron chi connectivity index (χ4n) is 1.94. The van der Waals surface area contributed by atoms with Crippen molar-refractivity contribution in [1.82, 2.24) is 0 Å². The fraction of sp³-hybridized carbons (Fsp3) is 0.462. The molecule has 1 aliphatic heterocycles. The van der Waals surface area contributed by atoms with Gasteiger partial charge in [0.25, 0.3) is 0 Å². The van der Waals surface area contributed by atoms with Crippen LogP contribution in [0.2, 0.25) is 0 Å². The molecule has 16 heavy (non-hydrogen) atoms. The average molecular weight is 220 g/mol. The van der Waals surface area contributed by atoms with E-state index in [1.807, 2.05) is 24.3 Å². The van der Waals surface area contributed by atoms with Crippen molar-refractivity contribution in [3.63, 3.8) is 0 Å². The predicted octanol–water partition coefficient (Wildman–Crippen LogP) is 2.30. The number of carbonyl (C=O) groups is 1. The van der Waals surface area contributed by atoms with Gasteiger partial charge in [0.15, 0.2) is 5.78 Å². The minimum Gasteiger partial charge on any atom is -0.497 e. The molecule has 1 aliphatic rings. The second-order valence-electron chi connectivity index (χ2n) is 4.01. The van der Waals surface area contributed by atoms with E-state index < -0.39 is 0 Å². The van der Waals surface area contributed by atoms with Crippen LogP contribution in [-0.4, -0.2) is 26.1 Å². The molecular weight excluding hydrogens is 204 g/mol. The summed E-state index contributed by atoms with van der Waals surface area (Å²) in [6.07, 6.45) is 1.91. The van der Waals surface area contributed by atoms with Crippen LogP contribution >= 0.6 is 0 Å². The Morgan fingerprint density at radius 2 is 2.12 bits per heavy atom. The number of ketones is 1. The summed E-state index contributed by atoms with van der Waals surface area (Å²) in [7, 11) is 1.62. The van der Waals surface area contributed by atoms with E-state index in [0.717, 1.165) is 30.8 Å². The van der Waals surface area contributed by atoms with Gasteiger partial charge >= 0.3 is 0 Å². The summed E-state index contributed by atoms with van der Waals surface area (Å²) < 4.78 is 10.4. The zero-order chi connectivity index (χ0) is 11.4.